The number of hydrogen-bond donors (Lipinski definition) is 1. The molecule has 4 rings (SSSR count). The molecule has 2 fully saturated rings. The highest BCUT2D eigenvalue weighted by Crippen LogP contribution is 2.29. The van der Waals surface area contributed by atoms with E-state index in [1.165, 1.54) is 0 Å². The monoisotopic (exact) mass is 363 g/mol. The Morgan fingerprint density at radius 2 is 2.17 bits per heavy atom. The van der Waals surface area contributed by atoms with Gasteiger partial charge in [0.1, 0.15) is 11.9 Å². The lowest BCUT2D eigenvalue weighted by atomic mass is 10.0. The van der Waals surface area contributed by atoms with Gasteiger partial charge in [-0.1, -0.05) is 18.2 Å². The number of nitrogens with zero attached hydrogens (tertiary/aromatic N) is 2. The van der Waals surface area contributed by atoms with E-state index < -0.39 is 9.84 Å². The maximum absolute atomic E-state index is 11.8. The summed E-state index contributed by atoms with van der Waals surface area (Å²) in [7, 11) is -3.03. The molecule has 0 aromatic heterocycles. The molecule has 0 saturated carbocycles. The van der Waals surface area contributed by atoms with E-state index >= 15 is 0 Å². The number of sulfone groups is 1. The van der Waals surface area contributed by atoms with Crippen LogP contribution in [0.2, 0.25) is 0 Å². The molecule has 0 unspecified atom stereocenters. The average molecular weight is 363 g/mol. The van der Waals surface area contributed by atoms with Gasteiger partial charge in [-0.05, 0) is 31.3 Å². The van der Waals surface area contributed by atoms with Crippen molar-refractivity contribution in [2.45, 2.75) is 25.1 Å². The smallest absolute Gasteiger partial charge is 0.190 e. The number of ether oxygens (including phenoxy) is 1. The number of benzene rings is 1. The molecule has 3 atom stereocenters. The number of fused-ring (bicyclic) bond motifs is 2. The standard InChI is InChI=1S/C16H17N3O3S2/c1-10-12(6-11-4-2-3-5-15(11)22-10)7-17-19-14-9-24(20,21)8-13(14)18-16(19)23/h2-7,10,13-14H,8-9H2,1H3,(H,18,23)/b17-7-/t10-,13+,14-/m0/s1. The summed E-state index contributed by atoms with van der Waals surface area (Å²) >= 11 is 5.28. The van der Waals surface area contributed by atoms with E-state index in [9.17, 15) is 8.42 Å². The first-order chi connectivity index (χ1) is 11.4. The van der Waals surface area contributed by atoms with Crippen molar-refractivity contribution in [2.75, 3.05) is 11.5 Å². The molecule has 6 nitrogen and oxygen atoms in total. The van der Waals surface area contributed by atoms with Crippen LogP contribution in [0, 0.1) is 0 Å². The Labute approximate surface area is 146 Å². The highest BCUT2D eigenvalue weighted by atomic mass is 32.2. The number of thiocarbonyl (C=S) groups is 1. The van der Waals surface area contributed by atoms with Gasteiger partial charge in [-0.2, -0.15) is 5.10 Å². The van der Waals surface area contributed by atoms with Gasteiger partial charge < -0.3 is 10.1 Å². The number of nitrogens with one attached hydrogen (secondary N) is 1. The summed E-state index contributed by atoms with van der Waals surface area (Å²) in [5.41, 5.74) is 1.92. The first-order valence-electron chi connectivity index (χ1n) is 7.74. The summed E-state index contributed by atoms with van der Waals surface area (Å²) in [6.07, 6.45) is 3.61. The zero-order valence-electron chi connectivity index (χ0n) is 13.0. The Morgan fingerprint density at radius 3 is 3.00 bits per heavy atom. The fourth-order valence-electron chi connectivity index (χ4n) is 3.25. The molecule has 3 aliphatic heterocycles. The van der Waals surface area contributed by atoms with Crippen LogP contribution < -0.4 is 10.1 Å². The van der Waals surface area contributed by atoms with Crippen LogP contribution in [-0.2, 0) is 9.84 Å². The number of para-hydroxylation sites is 1. The molecule has 1 aromatic rings. The van der Waals surface area contributed by atoms with Crippen LogP contribution in [0.5, 0.6) is 5.75 Å². The van der Waals surface area contributed by atoms with Crippen LogP contribution in [-0.4, -0.2) is 54.4 Å². The second-order valence-electron chi connectivity index (χ2n) is 6.23. The van der Waals surface area contributed by atoms with Crippen molar-refractivity contribution in [3.8, 4) is 5.75 Å². The summed E-state index contributed by atoms with van der Waals surface area (Å²) in [5.74, 6) is 1.04. The van der Waals surface area contributed by atoms with Gasteiger partial charge >= 0.3 is 0 Å². The van der Waals surface area contributed by atoms with Crippen LogP contribution in [0.25, 0.3) is 6.08 Å². The third-order valence-corrected chi connectivity index (χ3v) is 6.52. The quantitative estimate of drug-likeness (QED) is 0.629. The normalized spacial score (nSPS) is 30.5. The Kier molecular flexibility index (Phi) is 3.61. The lowest BCUT2D eigenvalue weighted by molar-refractivity contribution is 0.260. The highest BCUT2D eigenvalue weighted by Gasteiger charge is 2.47. The number of rotatable bonds is 2. The SMILES string of the molecule is C[C@@H]1Oc2ccccc2C=C1/C=N\N1C(=S)N[C@@H]2CS(=O)(=O)C[C@@H]21. The van der Waals surface area contributed by atoms with Gasteiger partial charge in [-0.15, -0.1) is 0 Å². The predicted octanol–water partition coefficient (Wildman–Crippen LogP) is 1.19. The Bertz CT molecular complexity index is 863. The molecule has 3 aliphatic rings. The lowest BCUT2D eigenvalue weighted by Crippen LogP contribution is -2.33. The molecule has 0 aliphatic carbocycles. The minimum Gasteiger partial charge on any atom is -0.485 e. The topological polar surface area (TPSA) is 71.0 Å². The van der Waals surface area contributed by atoms with E-state index in [2.05, 4.69) is 10.4 Å². The molecule has 1 aromatic carbocycles. The number of hydrazone groups is 1. The molecule has 3 heterocycles. The summed E-state index contributed by atoms with van der Waals surface area (Å²) in [6, 6.07) is 7.41. The molecular formula is C16H17N3O3S2. The summed E-state index contributed by atoms with van der Waals surface area (Å²) in [5, 5.41) is 9.58. The first kappa shape index (κ1) is 15.6. The van der Waals surface area contributed by atoms with E-state index in [4.69, 9.17) is 17.0 Å². The van der Waals surface area contributed by atoms with Crippen molar-refractivity contribution in [3.63, 3.8) is 0 Å². The van der Waals surface area contributed by atoms with Gasteiger partial charge in [0.25, 0.3) is 0 Å². The molecule has 0 amide bonds. The van der Waals surface area contributed by atoms with Gasteiger partial charge in [0.15, 0.2) is 14.9 Å². The maximum Gasteiger partial charge on any atom is 0.190 e. The zero-order chi connectivity index (χ0) is 16.9. The van der Waals surface area contributed by atoms with Crippen molar-refractivity contribution >= 4 is 39.5 Å². The first-order valence-corrected chi connectivity index (χ1v) is 9.97. The lowest BCUT2D eigenvalue weighted by Gasteiger charge is -2.23. The summed E-state index contributed by atoms with van der Waals surface area (Å²) in [4.78, 5) is 0. The third-order valence-electron chi connectivity index (χ3n) is 4.50. The summed E-state index contributed by atoms with van der Waals surface area (Å²) in [6.45, 7) is 1.96. The molecule has 24 heavy (non-hydrogen) atoms. The Balaban J connectivity index is 1.59. The van der Waals surface area contributed by atoms with Crippen LogP contribution in [0.3, 0.4) is 0 Å². The van der Waals surface area contributed by atoms with Gasteiger partial charge in [0.05, 0.1) is 29.8 Å². The van der Waals surface area contributed by atoms with E-state index in [0.717, 1.165) is 16.9 Å². The van der Waals surface area contributed by atoms with Crippen LogP contribution in [0.15, 0.2) is 34.9 Å². The molecule has 0 radical (unpaired) electrons. The van der Waals surface area contributed by atoms with Gasteiger partial charge in [0.2, 0.25) is 0 Å². The van der Waals surface area contributed by atoms with E-state index in [0.29, 0.717) is 5.11 Å². The second kappa shape index (κ2) is 5.56. The van der Waals surface area contributed by atoms with Crippen molar-refractivity contribution < 1.29 is 13.2 Å². The van der Waals surface area contributed by atoms with E-state index in [-0.39, 0.29) is 29.7 Å². The largest absolute Gasteiger partial charge is 0.485 e. The molecule has 0 bridgehead atoms. The van der Waals surface area contributed by atoms with Crippen molar-refractivity contribution in [1.29, 1.82) is 0 Å². The fourth-order valence-corrected chi connectivity index (χ4v) is 5.47. The van der Waals surface area contributed by atoms with Gasteiger partial charge in [-0.25, -0.2) is 13.4 Å². The van der Waals surface area contributed by atoms with Crippen molar-refractivity contribution in [1.82, 2.24) is 10.3 Å². The minimum atomic E-state index is -3.03. The Hall–Kier alpha value is -1.93. The third kappa shape index (κ3) is 2.69. The molecular weight excluding hydrogens is 346 g/mol. The van der Waals surface area contributed by atoms with Crippen molar-refractivity contribution in [3.05, 3.63) is 35.4 Å². The van der Waals surface area contributed by atoms with Gasteiger partial charge in [-0.3, -0.25) is 0 Å². The van der Waals surface area contributed by atoms with E-state index in [1.807, 2.05) is 37.3 Å². The molecule has 126 valence electrons. The van der Waals surface area contributed by atoms with Crippen LogP contribution >= 0.6 is 12.2 Å². The zero-order valence-corrected chi connectivity index (χ0v) is 14.7. The average Bonchev–Trinajstić information content (AvgIpc) is 2.96. The number of hydrogen-bond acceptors (Lipinski definition) is 5. The molecule has 0 spiro atoms. The minimum absolute atomic E-state index is 0.0794. The predicted molar refractivity (Wildman–Crippen MR) is 96.8 cm³/mol. The molecule has 1 N–H and O–H groups in total. The van der Waals surface area contributed by atoms with E-state index in [1.54, 1.807) is 11.2 Å². The van der Waals surface area contributed by atoms with Crippen molar-refractivity contribution in [2.24, 2.45) is 5.10 Å². The molecule has 8 heteroatoms. The van der Waals surface area contributed by atoms with Crippen LogP contribution in [0.4, 0.5) is 0 Å². The maximum atomic E-state index is 11.8. The summed E-state index contributed by atoms with van der Waals surface area (Å²) < 4.78 is 29.5. The molecule has 2 saturated heterocycles. The highest BCUT2D eigenvalue weighted by molar-refractivity contribution is 7.91. The fraction of sp³-hybridized carbons (Fsp3) is 0.375. The second-order valence-corrected chi connectivity index (χ2v) is 8.77. The van der Waals surface area contributed by atoms with Gasteiger partial charge in [0, 0.05) is 11.1 Å². The Morgan fingerprint density at radius 1 is 1.38 bits per heavy atom. The van der Waals surface area contributed by atoms with Crippen LogP contribution in [0.1, 0.15) is 12.5 Å².